The van der Waals surface area contributed by atoms with Crippen molar-refractivity contribution in [1.29, 1.82) is 0 Å². The molecule has 0 saturated carbocycles. The van der Waals surface area contributed by atoms with Crippen LogP contribution < -0.4 is 0 Å². The van der Waals surface area contributed by atoms with Crippen molar-refractivity contribution in [1.82, 2.24) is 4.98 Å². The van der Waals surface area contributed by atoms with Crippen LogP contribution >= 0.6 is 15.9 Å². The zero-order chi connectivity index (χ0) is 12.7. The number of aryl methyl sites for hydroxylation is 1. The maximum Gasteiger partial charge on any atom is 0.302 e. The van der Waals surface area contributed by atoms with Gasteiger partial charge in [-0.25, -0.2) is 0 Å². The van der Waals surface area contributed by atoms with Gasteiger partial charge in [-0.3, -0.25) is 4.79 Å². The molecule has 4 heteroatoms. The van der Waals surface area contributed by atoms with Gasteiger partial charge in [0.15, 0.2) is 0 Å². The van der Waals surface area contributed by atoms with Gasteiger partial charge in [-0.05, 0) is 40.4 Å². The summed E-state index contributed by atoms with van der Waals surface area (Å²) in [7, 11) is 0. The highest BCUT2D eigenvalue weighted by atomic mass is 79.9. The van der Waals surface area contributed by atoms with Crippen molar-refractivity contribution in [3.63, 3.8) is 0 Å². The summed E-state index contributed by atoms with van der Waals surface area (Å²) in [5.41, 5.74) is 3.72. The predicted molar refractivity (Wildman–Crippen MR) is 73.6 cm³/mol. The lowest BCUT2D eigenvalue weighted by molar-refractivity contribution is -0.146. The highest BCUT2D eigenvalue weighted by Gasteiger charge is 2.24. The molecule has 0 amide bonds. The van der Waals surface area contributed by atoms with Gasteiger partial charge in [0.2, 0.25) is 0 Å². The normalized spacial score (nSPS) is 18.7. The molecule has 1 aromatic carbocycles. The second kappa shape index (κ2) is 4.43. The lowest BCUT2D eigenvalue weighted by atomic mass is 9.93. The Labute approximate surface area is 114 Å². The number of carbonyl (C=O) groups excluding carboxylic acids is 1. The van der Waals surface area contributed by atoms with Gasteiger partial charge >= 0.3 is 5.97 Å². The minimum atomic E-state index is -0.190. The van der Waals surface area contributed by atoms with E-state index in [2.05, 4.69) is 27.0 Å². The van der Waals surface area contributed by atoms with Gasteiger partial charge in [0.1, 0.15) is 6.10 Å². The van der Waals surface area contributed by atoms with E-state index in [0.717, 1.165) is 29.3 Å². The number of hydrogen-bond donors (Lipinski definition) is 1. The maximum absolute atomic E-state index is 11.0. The Morgan fingerprint density at radius 1 is 1.50 bits per heavy atom. The van der Waals surface area contributed by atoms with Crippen LogP contribution in [0.1, 0.15) is 24.6 Å². The van der Waals surface area contributed by atoms with E-state index in [9.17, 15) is 4.79 Å². The third kappa shape index (κ3) is 1.94. The summed E-state index contributed by atoms with van der Waals surface area (Å²) in [6.45, 7) is 1.47. The fourth-order valence-corrected chi connectivity index (χ4v) is 3.17. The largest absolute Gasteiger partial charge is 0.462 e. The molecule has 1 atom stereocenters. The van der Waals surface area contributed by atoms with Crippen molar-refractivity contribution in [3.05, 3.63) is 33.9 Å². The van der Waals surface area contributed by atoms with E-state index in [4.69, 9.17) is 4.74 Å². The van der Waals surface area contributed by atoms with Crippen molar-refractivity contribution < 1.29 is 9.53 Å². The first kappa shape index (κ1) is 11.8. The highest BCUT2D eigenvalue weighted by molar-refractivity contribution is 9.10. The van der Waals surface area contributed by atoms with E-state index in [1.165, 1.54) is 23.6 Å². The number of halogens is 1. The number of fused-ring (bicyclic) bond motifs is 3. The first-order chi connectivity index (χ1) is 8.65. The van der Waals surface area contributed by atoms with Crippen LogP contribution in [0.5, 0.6) is 0 Å². The molecular formula is C14H14BrNO2. The molecule has 1 aliphatic carbocycles. The van der Waals surface area contributed by atoms with Crippen molar-refractivity contribution >= 4 is 32.8 Å². The molecule has 1 heterocycles. The van der Waals surface area contributed by atoms with E-state index in [1.54, 1.807) is 0 Å². The van der Waals surface area contributed by atoms with Crippen LogP contribution in [0.15, 0.2) is 22.7 Å². The number of H-pyrrole nitrogens is 1. The van der Waals surface area contributed by atoms with E-state index in [0.29, 0.717) is 0 Å². The van der Waals surface area contributed by atoms with Gasteiger partial charge in [-0.2, -0.15) is 0 Å². The lowest BCUT2D eigenvalue weighted by Gasteiger charge is -2.22. The number of ether oxygens (including phenoxy) is 1. The Kier molecular flexibility index (Phi) is 2.90. The number of aromatic amines is 1. The molecule has 0 fully saturated rings. The van der Waals surface area contributed by atoms with Crippen molar-refractivity contribution in [2.24, 2.45) is 0 Å². The summed E-state index contributed by atoms with van der Waals surface area (Å²) in [4.78, 5) is 14.5. The van der Waals surface area contributed by atoms with E-state index in [1.807, 2.05) is 12.1 Å². The Hall–Kier alpha value is -1.29. The fraction of sp³-hybridized carbons (Fsp3) is 0.357. The minimum absolute atomic E-state index is 0.0213. The summed E-state index contributed by atoms with van der Waals surface area (Å²) in [5, 5.41) is 1.23. The van der Waals surface area contributed by atoms with Crippen molar-refractivity contribution in [3.8, 4) is 0 Å². The number of aromatic nitrogens is 1. The topological polar surface area (TPSA) is 42.1 Å². The number of esters is 1. The summed E-state index contributed by atoms with van der Waals surface area (Å²) >= 11 is 3.56. The second-order valence-electron chi connectivity index (χ2n) is 4.72. The van der Waals surface area contributed by atoms with E-state index in [-0.39, 0.29) is 12.1 Å². The number of benzene rings is 1. The average Bonchev–Trinajstić information content (AvgIpc) is 2.68. The van der Waals surface area contributed by atoms with Crippen LogP contribution in [0.4, 0.5) is 0 Å². The quantitative estimate of drug-likeness (QED) is 0.821. The Balaban J connectivity index is 2.02. The molecule has 3 nitrogen and oxygen atoms in total. The molecule has 1 N–H and O–H groups in total. The van der Waals surface area contributed by atoms with E-state index < -0.39 is 0 Å². The Bertz CT molecular complexity index is 618. The minimum Gasteiger partial charge on any atom is -0.462 e. The fourth-order valence-electron chi connectivity index (χ4n) is 2.71. The van der Waals surface area contributed by atoms with Crippen LogP contribution in [0.2, 0.25) is 0 Å². The van der Waals surface area contributed by atoms with Gasteiger partial charge in [-0.1, -0.05) is 12.1 Å². The van der Waals surface area contributed by atoms with Crippen LogP contribution in [-0.2, 0) is 22.4 Å². The molecule has 1 aromatic heterocycles. The molecule has 94 valence electrons. The molecule has 1 aliphatic rings. The van der Waals surface area contributed by atoms with E-state index >= 15 is 0 Å². The molecule has 0 saturated heterocycles. The number of carbonyl (C=O) groups is 1. The summed E-state index contributed by atoms with van der Waals surface area (Å²) in [5.74, 6) is -0.190. The van der Waals surface area contributed by atoms with Crippen molar-refractivity contribution in [2.75, 3.05) is 0 Å². The lowest BCUT2D eigenvalue weighted by Crippen LogP contribution is -2.24. The average molecular weight is 308 g/mol. The van der Waals surface area contributed by atoms with Crippen LogP contribution in [0, 0.1) is 0 Å². The highest BCUT2D eigenvalue weighted by Crippen LogP contribution is 2.33. The Morgan fingerprint density at radius 3 is 3.11 bits per heavy atom. The van der Waals surface area contributed by atoms with Gasteiger partial charge in [0.05, 0.1) is 5.52 Å². The van der Waals surface area contributed by atoms with Gasteiger partial charge < -0.3 is 9.72 Å². The monoisotopic (exact) mass is 307 g/mol. The molecule has 0 radical (unpaired) electrons. The zero-order valence-corrected chi connectivity index (χ0v) is 11.7. The standard InChI is InChI=1S/C14H14BrNO2/c1-8(17)18-9-5-6-13-11(7-9)10-3-2-4-12(15)14(10)16-13/h2-4,9,16H,5-7H2,1H3. The summed E-state index contributed by atoms with van der Waals surface area (Å²) in [6.07, 6.45) is 2.67. The second-order valence-corrected chi connectivity index (χ2v) is 5.57. The Morgan fingerprint density at radius 2 is 2.33 bits per heavy atom. The maximum atomic E-state index is 11.0. The first-order valence-electron chi connectivity index (χ1n) is 6.10. The molecule has 0 spiro atoms. The molecule has 18 heavy (non-hydrogen) atoms. The number of para-hydroxylation sites is 1. The van der Waals surface area contributed by atoms with Crippen LogP contribution in [0.3, 0.4) is 0 Å². The third-order valence-electron chi connectivity index (χ3n) is 3.46. The van der Waals surface area contributed by atoms with Crippen molar-refractivity contribution in [2.45, 2.75) is 32.3 Å². The number of hydrogen-bond acceptors (Lipinski definition) is 2. The molecule has 3 rings (SSSR count). The first-order valence-corrected chi connectivity index (χ1v) is 6.89. The molecule has 0 aliphatic heterocycles. The van der Waals surface area contributed by atoms with Crippen LogP contribution in [0.25, 0.3) is 10.9 Å². The van der Waals surface area contributed by atoms with Gasteiger partial charge in [-0.15, -0.1) is 0 Å². The van der Waals surface area contributed by atoms with Gasteiger partial charge in [0, 0.05) is 28.9 Å². The smallest absolute Gasteiger partial charge is 0.302 e. The number of nitrogens with one attached hydrogen (secondary N) is 1. The molecular weight excluding hydrogens is 294 g/mol. The number of rotatable bonds is 1. The predicted octanol–water partition coefficient (Wildman–Crippen LogP) is 3.35. The summed E-state index contributed by atoms with van der Waals surface area (Å²) < 4.78 is 6.41. The SMILES string of the molecule is CC(=O)OC1CCc2[nH]c3c(Br)cccc3c2C1. The zero-order valence-electron chi connectivity index (χ0n) is 10.1. The molecule has 1 unspecified atom stereocenters. The third-order valence-corrected chi connectivity index (χ3v) is 4.12. The molecule has 0 bridgehead atoms. The summed E-state index contributed by atoms with van der Waals surface area (Å²) in [6, 6.07) is 6.19. The van der Waals surface area contributed by atoms with Gasteiger partial charge in [0.25, 0.3) is 0 Å². The van der Waals surface area contributed by atoms with Crippen LogP contribution in [-0.4, -0.2) is 17.1 Å². The molecule has 2 aromatic rings.